The molecule has 1 aromatic heterocycles. The highest BCUT2D eigenvalue weighted by Gasteiger charge is 2.29. The van der Waals surface area contributed by atoms with Gasteiger partial charge in [-0.05, 0) is 62.7 Å². The van der Waals surface area contributed by atoms with Gasteiger partial charge in [-0.1, -0.05) is 11.6 Å². The molecule has 0 saturated carbocycles. The largest absolute Gasteiger partial charge is 0.493 e. The van der Waals surface area contributed by atoms with E-state index in [9.17, 15) is 13.6 Å². The normalized spacial score (nSPS) is 19.0. The SMILES string of the molecule is O=C(c1cc2cc(Cl)cc(NC3CCNCC3)c2[nH]1)N1CCC(COc2ccc(F)c(F)c2)C1. The van der Waals surface area contributed by atoms with Gasteiger partial charge < -0.3 is 25.3 Å². The highest BCUT2D eigenvalue weighted by Crippen LogP contribution is 2.31. The zero-order chi connectivity index (χ0) is 23.7. The Labute approximate surface area is 201 Å². The summed E-state index contributed by atoms with van der Waals surface area (Å²) >= 11 is 6.36. The number of aromatic nitrogens is 1. The molecule has 6 nitrogen and oxygen atoms in total. The number of likely N-dealkylation sites (tertiary alicyclic amines) is 1. The molecule has 0 radical (unpaired) electrons. The number of ether oxygens (including phenoxy) is 1. The minimum atomic E-state index is -0.936. The summed E-state index contributed by atoms with van der Waals surface area (Å²) in [4.78, 5) is 18.3. The second-order valence-corrected chi connectivity index (χ2v) is 9.50. The van der Waals surface area contributed by atoms with E-state index < -0.39 is 11.6 Å². The van der Waals surface area contributed by atoms with E-state index in [0.29, 0.717) is 36.5 Å². The molecular weight excluding hydrogens is 462 g/mol. The average Bonchev–Trinajstić information content (AvgIpc) is 3.47. The number of carbonyl (C=O) groups is 1. The Balaban J connectivity index is 1.25. The van der Waals surface area contributed by atoms with Crippen LogP contribution in [-0.2, 0) is 0 Å². The molecule has 2 aliphatic heterocycles. The second kappa shape index (κ2) is 9.80. The third-order valence-corrected chi connectivity index (χ3v) is 6.79. The molecule has 180 valence electrons. The lowest BCUT2D eigenvalue weighted by Crippen LogP contribution is -2.35. The number of amides is 1. The van der Waals surface area contributed by atoms with Crippen LogP contribution in [0.15, 0.2) is 36.4 Å². The van der Waals surface area contributed by atoms with Crippen molar-refractivity contribution in [1.29, 1.82) is 0 Å². The van der Waals surface area contributed by atoms with Gasteiger partial charge in [-0.2, -0.15) is 0 Å². The molecule has 0 spiro atoms. The monoisotopic (exact) mass is 488 g/mol. The minimum Gasteiger partial charge on any atom is -0.493 e. The van der Waals surface area contributed by atoms with E-state index in [1.165, 1.54) is 6.07 Å². The maximum Gasteiger partial charge on any atom is 0.270 e. The summed E-state index contributed by atoms with van der Waals surface area (Å²) in [6.07, 6.45) is 2.84. The van der Waals surface area contributed by atoms with Gasteiger partial charge in [0.15, 0.2) is 11.6 Å². The van der Waals surface area contributed by atoms with Gasteiger partial charge in [0.25, 0.3) is 5.91 Å². The summed E-state index contributed by atoms with van der Waals surface area (Å²) in [5, 5.41) is 8.46. The highest BCUT2D eigenvalue weighted by atomic mass is 35.5. The number of nitrogens with zero attached hydrogens (tertiary/aromatic N) is 1. The van der Waals surface area contributed by atoms with Crippen LogP contribution in [0.25, 0.3) is 10.9 Å². The molecule has 1 atom stereocenters. The fourth-order valence-corrected chi connectivity index (χ4v) is 4.95. The summed E-state index contributed by atoms with van der Waals surface area (Å²) in [6.45, 7) is 3.44. The van der Waals surface area contributed by atoms with E-state index >= 15 is 0 Å². The van der Waals surface area contributed by atoms with Gasteiger partial charge in [0.1, 0.15) is 11.4 Å². The summed E-state index contributed by atoms with van der Waals surface area (Å²) in [5.74, 6) is -1.51. The molecule has 1 unspecified atom stereocenters. The van der Waals surface area contributed by atoms with Crippen molar-refractivity contribution >= 4 is 34.1 Å². The Morgan fingerprint density at radius 2 is 1.94 bits per heavy atom. The molecule has 3 heterocycles. The Morgan fingerprint density at radius 1 is 1.12 bits per heavy atom. The van der Waals surface area contributed by atoms with Crippen LogP contribution in [-0.4, -0.2) is 54.6 Å². The first-order valence-corrected chi connectivity index (χ1v) is 12.0. The van der Waals surface area contributed by atoms with Crippen molar-refractivity contribution in [3.05, 3.63) is 58.7 Å². The van der Waals surface area contributed by atoms with E-state index in [1.54, 1.807) is 4.90 Å². The van der Waals surface area contributed by atoms with Crippen LogP contribution in [0.2, 0.25) is 5.02 Å². The molecule has 9 heteroatoms. The van der Waals surface area contributed by atoms with E-state index in [0.717, 1.165) is 61.1 Å². The lowest BCUT2D eigenvalue weighted by Gasteiger charge is -2.25. The number of nitrogens with one attached hydrogen (secondary N) is 3. The van der Waals surface area contributed by atoms with Gasteiger partial charge in [0, 0.05) is 41.5 Å². The first-order chi connectivity index (χ1) is 16.5. The van der Waals surface area contributed by atoms with Crippen LogP contribution < -0.4 is 15.4 Å². The van der Waals surface area contributed by atoms with Gasteiger partial charge >= 0.3 is 0 Å². The molecule has 2 aromatic carbocycles. The topological polar surface area (TPSA) is 69.4 Å². The molecule has 34 heavy (non-hydrogen) atoms. The standard InChI is InChI=1S/C25H27ClF2N4O2/c26-17-9-16-10-23(31-24(16)22(11-17)30-18-3-6-29-7-4-18)25(33)32-8-5-15(13-32)14-34-19-1-2-20(27)21(28)12-19/h1-2,9-12,15,18,29-31H,3-8,13-14H2. The molecular formula is C25H27ClF2N4O2. The van der Waals surface area contributed by atoms with Gasteiger partial charge in [0.05, 0.1) is 17.8 Å². The Hall–Kier alpha value is -2.84. The van der Waals surface area contributed by atoms with Crippen molar-refractivity contribution in [1.82, 2.24) is 15.2 Å². The number of carbonyl (C=O) groups excluding carboxylic acids is 1. The summed E-state index contributed by atoms with van der Waals surface area (Å²) < 4.78 is 32.1. The van der Waals surface area contributed by atoms with Gasteiger partial charge in [-0.25, -0.2) is 8.78 Å². The van der Waals surface area contributed by atoms with Crippen LogP contribution in [0.5, 0.6) is 5.75 Å². The molecule has 3 N–H and O–H groups in total. The molecule has 2 saturated heterocycles. The Morgan fingerprint density at radius 3 is 2.74 bits per heavy atom. The summed E-state index contributed by atoms with van der Waals surface area (Å²) in [5.41, 5.74) is 2.31. The number of hydrogen-bond donors (Lipinski definition) is 3. The van der Waals surface area contributed by atoms with E-state index in [2.05, 4.69) is 15.6 Å². The smallest absolute Gasteiger partial charge is 0.270 e. The summed E-state index contributed by atoms with van der Waals surface area (Å²) in [6, 6.07) is 9.46. The fourth-order valence-electron chi connectivity index (χ4n) is 4.73. The maximum absolute atomic E-state index is 13.4. The van der Waals surface area contributed by atoms with Crippen molar-refractivity contribution in [2.45, 2.75) is 25.3 Å². The molecule has 3 aromatic rings. The zero-order valence-corrected chi connectivity index (χ0v) is 19.4. The van der Waals surface area contributed by atoms with Gasteiger partial charge in [-0.15, -0.1) is 0 Å². The van der Waals surface area contributed by atoms with Gasteiger partial charge in [-0.3, -0.25) is 4.79 Å². The maximum atomic E-state index is 13.4. The molecule has 2 fully saturated rings. The predicted molar refractivity (Wildman–Crippen MR) is 129 cm³/mol. The number of rotatable bonds is 6. The molecule has 1 amide bonds. The van der Waals surface area contributed by atoms with Gasteiger partial charge in [0.2, 0.25) is 0 Å². The number of halogens is 3. The fraction of sp³-hybridized carbons (Fsp3) is 0.400. The van der Waals surface area contributed by atoms with Crippen molar-refractivity contribution in [2.24, 2.45) is 5.92 Å². The van der Waals surface area contributed by atoms with Crippen LogP contribution in [0, 0.1) is 17.6 Å². The molecule has 5 rings (SSSR count). The first-order valence-electron chi connectivity index (χ1n) is 11.6. The second-order valence-electron chi connectivity index (χ2n) is 9.06. The molecule has 2 aliphatic rings. The van der Waals surface area contributed by atoms with Crippen molar-refractivity contribution in [2.75, 3.05) is 38.1 Å². The number of benzene rings is 2. The quantitative estimate of drug-likeness (QED) is 0.466. The van der Waals surface area contributed by atoms with Crippen LogP contribution >= 0.6 is 11.6 Å². The first kappa shape index (κ1) is 22.9. The van der Waals surface area contributed by atoms with Crippen LogP contribution in [0.1, 0.15) is 29.8 Å². The number of hydrogen-bond acceptors (Lipinski definition) is 4. The lowest BCUT2D eigenvalue weighted by atomic mass is 10.1. The van der Waals surface area contributed by atoms with E-state index in [-0.39, 0.29) is 17.6 Å². The van der Waals surface area contributed by atoms with Crippen molar-refractivity contribution in [3.63, 3.8) is 0 Å². The zero-order valence-electron chi connectivity index (χ0n) is 18.7. The molecule has 0 bridgehead atoms. The van der Waals surface area contributed by atoms with E-state index in [4.69, 9.17) is 16.3 Å². The third-order valence-electron chi connectivity index (χ3n) is 6.57. The number of piperidine rings is 1. The lowest BCUT2D eigenvalue weighted by molar-refractivity contribution is 0.0778. The number of fused-ring (bicyclic) bond motifs is 1. The molecule has 0 aliphatic carbocycles. The van der Waals surface area contributed by atoms with Crippen molar-refractivity contribution < 1.29 is 18.3 Å². The number of H-pyrrole nitrogens is 1. The van der Waals surface area contributed by atoms with E-state index in [1.807, 2.05) is 18.2 Å². The van der Waals surface area contributed by atoms with Crippen LogP contribution in [0.4, 0.5) is 14.5 Å². The summed E-state index contributed by atoms with van der Waals surface area (Å²) in [7, 11) is 0. The minimum absolute atomic E-state index is 0.0736. The Kier molecular flexibility index (Phi) is 6.61. The number of anilines is 1. The predicted octanol–water partition coefficient (Wildman–Crippen LogP) is 4.80. The van der Waals surface area contributed by atoms with Crippen LogP contribution in [0.3, 0.4) is 0 Å². The average molecular weight is 489 g/mol. The third kappa shape index (κ3) is 4.98. The highest BCUT2D eigenvalue weighted by molar-refractivity contribution is 6.32. The van der Waals surface area contributed by atoms with Crippen molar-refractivity contribution in [3.8, 4) is 5.75 Å². The number of aromatic amines is 1. The Bertz CT molecular complexity index is 1200.